The van der Waals surface area contributed by atoms with Crippen LogP contribution in [0.3, 0.4) is 0 Å². The number of carbonyl (C=O) groups is 3. The van der Waals surface area contributed by atoms with E-state index in [2.05, 4.69) is 22.8 Å². The van der Waals surface area contributed by atoms with Gasteiger partial charge in [0.25, 0.3) is 0 Å². The highest BCUT2D eigenvalue weighted by atomic mass is 16.6. The third-order valence-electron chi connectivity index (χ3n) is 6.19. The van der Waals surface area contributed by atoms with Crippen molar-refractivity contribution in [2.24, 2.45) is 11.8 Å². The van der Waals surface area contributed by atoms with Crippen molar-refractivity contribution in [1.29, 1.82) is 0 Å². The van der Waals surface area contributed by atoms with E-state index in [0.717, 1.165) is 22.3 Å². The summed E-state index contributed by atoms with van der Waals surface area (Å²) in [5.41, 5.74) is 3.83. The Morgan fingerprint density at radius 1 is 0.806 bits per heavy atom. The molecule has 0 spiro atoms. The smallest absolute Gasteiger partial charge is 0.407 e. The molecular weight excluding hydrogens is 456 g/mol. The minimum Gasteiger partial charge on any atom is -0.458 e. The number of nitrogens with one attached hydrogen (secondary N) is 2. The molecule has 7 heteroatoms. The van der Waals surface area contributed by atoms with Gasteiger partial charge in [0.05, 0.1) is 0 Å². The van der Waals surface area contributed by atoms with Crippen molar-refractivity contribution in [3.8, 4) is 11.1 Å². The van der Waals surface area contributed by atoms with Gasteiger partial charge in [0.2, 0.25) is 5.91 Å². The molecule has 0 saturated carbocycles. The molecule has 36 heavy (non-hydrogen) atoms. The molecule has 2 aromatic rings. The lowest BCUT2D eigenvalue weighted by Crippen LogP contribution is -2.55. The average Bonchev–Trinajstić information content (AvgIpc) is 3.11. The van der Waals surface area contributed by atoms with E-state index in [1.807, 2.05) is 64.1 Å². The summed E-state index contributed by atoms with van der Waals surface area (Å²) in [5.74, 6) is -1.45. The van der Waals surface area contributed by atoms with E-state index in [0.29, 0.717) is 0 Å². The summed E-state index contributed by atoms with van der Waals surface area (Å²) in [5, 5.41) is 5.46. The second kappa shape index (κ2) is 11.1. The Bertz CT molecular complexity index is 1060. The topological polar surface area (TPSA) is 93.7 Å². The number of rotatable bonds is 8. The van der Waals surface area contributed by atoms with Gasteiger partial charge >= 0.3 is 12.1 Å². The van der Waals surface area contributed by atoms with Crippen molar-refractivity contribution in [2.45, 2.75) is 72.1 Å². The van der Waals surface area contributed by atoms with E-state index >= 15 is 0 Å². The number of fused-ring (bicyclic) bond motifs is 3. The Kier molecular flexibility index (Phi) is 8.43. The second-order valence-corrected chi connectivity index (χ2v) is 11.0. The fourth-order valence-electron chi connectivity index (χ4n) is 4.41. The molecule has 0 unspecified atom stereocenters. The normalized spacial score (nSPS) is 14.6. The minimum atomic E-state index is -0.871. The molecule has 0 radical (unpaired) electrons. The first-order valence-corrected chi connectivity index (χ1v) is 12.5. The molecule has 0 saturated heterocycles. The second-order valence-electron chi connectivity index (χ2n) is 11.0. The molecule has 194 valence electrons. The van der Waals surface area contributed by atoms with Gasteiger partial charge in [-0.05, 0) is 54.9 Å². The predicted octanol–water partition coefficient (Wildman–Crippen LogP) is 5.03. The average molecular weight is 495 g/mol. The third-order valence-corrected chi connectivity index (χ3v) is 6.19. The standard InChI is InChI=1S/C29H38N2O5/c1-17(2)24(26(32)30-25(18(3)4)27(33)36-29(5,6)7)31-28(34)35-16-23-21-14-10-8-12-19(21)20-13-9-11-15-22(20)23/h8-15,17-18,23-25H,16H2,1-7H3,(H,30,32)(H,31,34)/t24-,25+/m1/s1. The molecule has 7 nitrogen and oxygen atoms in total. The van der Waals surface area contributed by atoms with Crippen LogP contribution >= 0.6 is 0 Å². The van der Waals surface area contributed by atoms with Crippen LogP contribution in [0.15, 0.2) is 48.5 Å². The number of alkyl carbamates (subject to hydrolysis) is 1. The lowest BCUT2D eigenvalue weighted by atomic mass is 9.98. The first-order valence-electron chi connectivity index (χ1n) is 12.5. The van der Waals surface area contributed by atoms with Crippen LogP contribution in [0.2, 0.25) is 0 Å². The van der Waals surface area contributed by atoms with Gasteiger partial charge in [0, 0.05) is 5.92 Å². The van der Waals surface area contributed by atoms with Gasteiger partial charge in [-0.2, -0.15) is 0 Å². The summed E-state index contributed by atoms with van der Waals surface area (Å²) in [4.78, 5) is 38.5. The zero-order valence-electron chi connectivity index (χ0n) is 22.3. The molecule has 1 aliphatic carbocycles. The number of ether oxygens (including phenoxy) is 2. The summed E-state index contributed by atoms with van der Waals surface area (Å²) >= 11 is 0. The third kappa shape index (κ3) is 6.45. The van der Waals surface area contributed by atoms with Crippen LogP contribution in [-0.2, 0) is 19.1 Å². The summed E-state index contributed by atoms with van der Waals surface area (Å²) in [6.45, 7) is 12.8. The number of carbonyl (C=O) groups excluding carboxylic acids is 3. The first-order chi connectivity index (χ1) is 16.9. The van der Waals surface area contributed by atoms with Gasteiger partial charge in [-0.25, -0.2) is 9.59 Å². The van der Waals surface area contributed by atoms with Crippen LogP contribution in [0.5, 0.6) is 0 Å². The van der Waals surface area contributed by atoms with Crippen LogP contribution in [0, 0.1) is 11.8 Å². The van der Waals surface area contributed by atoms with E-state index in [1.165, 1.54) is 0 Å². The lowest BCUT2D eigenvalue weighted by molar-refractivity contribution is -0.160. The summed E-state index contributed by atoms with van der Waals surface area (Å²) < 4.78 is 11.1. The highest BCUT2D eigenvalue weighted by Crippen LogP contribution is 2.44. The molecule has 0 heterocycles. The Morgan fingerprint density at radius 3 is 1.78 bits per heavy atom. The van der Waals surface area contributed by atoms with Crippen molar-refractivity contribution in [3.63, 3.8) is 0 Å². The van der Waals surface area contributed by atoms with E-state index in [-0.39, 0.29) is 24.4 Å². The van der Waals surface area contributed by atoms with Crippen LogP contribution < -0.4 is 10.6 Å². The zero-order valence-corrected chi connectivity index (χ0v) is 22.3. The summed E-state index contributed by atoms with van der Waals surface area (Å²) in [7, 11) is 0. The highest BCUT2D eigenvalue weighted by molar-refractivity contribution is 5.90. The van der Waals surface area contributed by atoms with E-state index in [4.69, 9.17) is 9.47 Å². The molecule has 0 fully saturated rings. The maximum absolute atomic E-state index is 13.1. The number of benzene rings is 2. The van der Waals surface area contributed by atoms with Crippen LogP contribution in [-0.4, -0.2) is 42.3 Å². The molecular formula is C29H38N2O5. The maximum atomic E-state index is 13.1. The van der Waals surface area contributed by atoms with Crippen molar-refractivity contribution in [2.75, 3.05) is 6.61 Å². The molecule has 2 amide bonds. The Hall–Kier alpha value is -3.35. The molecule has 0 aromatic heterocycles. The molecule has 1 aliphatic rings. The Balaban J connectivity index is 1.66. The zero-order chi connectivity index (χ0) is 26.6. The van der Waals surface area contributed by atoms with Crippen molar-refractivity contribution >= 4 is 18.0 Å². The quantitative estimate of drug-likeness (QED) is 0.502. The molecule has 3 rings (SSSR count). The van der Waals surface area contributed by atoms with Crippen LogP contribution in [0.1, 0.15) is 65.5 Å². The van der Waals surface area contributed by atoms with Gasteiger partial charge in [0.1, 0.15) is 24.3 Å². The summed E-state index contributed by atoms with van der Waals surface area (Å²) in [6, 6.07) is 14.5. The Labute approximate surface area is 213 Å². The fraction of sp³-hybridized carbons (Fsp3) is 0.483. The maximum Gasteiger partial charge on any atom is 0.407 e. The fourth-order valence-corrected chi connectivity index (χ4v) is 4.41. The number of amides is 2. The van der Waals surface area contributed by atoms with Crippen LogP contribution in [0.4, 0.5) is 4.79 Å². The van der Waals surface area contributed by atoms with Gasteiger partial charge in [-0.3, -0.25) is 4.79 Å². The van der Waals surface area contributed by atoms with Crippen molar-refractivity contribution in [3.05, 3.63) is 59.7 Å². The predicted molar refractivity (Wildman–Crippen MR) is 139 cm³/mol. The molecule has 0 aliphatic heterocycles. The van der Waals surface area contributed by atoms with Gasteiger partial charge in [0.15, 0.2) is 0 Å². The van der Waals surface area contributed by atoms with Crippen molar-refractivity contribution < 1.29 is 23.9 Å². The number of hydrogen-bond acceptors (Lipinski definition) is 5. The van der Waals surface area contributed by atoms with Crippen LogP contribution in [0.25, 0.3) is 11.1 Å². The Morgan fingerprint density at radius 2 is 1.31 bits per heavy atom. The lowest BCUT2D eigenvalue weighted by Gasteiger charge is -2.29. The molecule has 0 bridgehead atoms. The van der Waals surface area contributed by atoms with Crippen molar-refractivity contribution in [1.82, 2.24) is 10.6 Å². The monoisotopic (exact) mass is 494 g/mol. The van der Waals surface area contributed by atoms with E-state index in [1.54, 1.807) is 20.8 Å². The number of hydrogen-bond donors (Lipinski definition) is 2. The summed E-state index contributed by atoms with van der Waals surface area (Å²) in [6.07, 6.45) is -0.677. The first kappa shape index (κ1) is 27.2. The highest BCUT2D eigenvalue weighted by Gasteiger charge is 2.34. The van der Waals surface area contributed by atoms with Gasteiger partial charge in [-0.1, -0.05) is 76.2 Å². The van der Waals surface area contributed by atoms with Gasteiger partial charge < -0.3 is 20.1 Å². The molecule has 2 atom stereocenters. The number of esters is 1. The van der Waals surface area contributed by atoms with E-state index in [9.17, 15) is 14.4 Å². The van der Waals surface area contributed by atoms with Gasteiger partial charge in [-0.15, -0.1) is 0 Å². The minimum absolute atomic E-state index is 0.0769. The SMILES string of the molecule is CC(C)[C@H](NC(=O)[C@H](NC(=O)OCC1c2ccccc2-c2ccccc21)C(C)C)C(=O)OC(C)(C)C. The largest absolute Gasteiger partial charge is 0.458 e. The molecule has 2 aromatic carbocycles. The molecule has 2 N–H and O–H groups in total. The van der Waals surface area contributed by atoms with E-state index < -0.39 is 35.7 Å².